The van der Waals surface area contributed by atoms with Crippen molar-refractivity contribution in [3.8, 4) is 11.5 Å². The monoisotopic (exact) mass is 667 g/mol. The van der Waals surface area contributed by atoms with Crippen LogP contribution in [0.4, 0.5) is 11.4 Å². The predicted molar refractivity (Wildman–Crippen MR) is 180 cm³/mol. The van der Waals surface area contributed by atoms with Gasteiger partial charge in [0.1, 0.15) is 0 Å². The van der Waals surface area contributed by atoms with Crippen molar-refractivity contribution in [1.82, 2.24) is 4.98 Å². The van der Waals surface area contributed by atoms with Crippen molar-refractivity contribution in [2.75, 3.05) is 23.4 Å². The first kappa shape index (κ1) is 30.0. The third-order valence-electron chi connectivity index (χ3n) is 10.1. The highest BCUT2D eigenvalue weighted by atomic mass is 32.2. The zero-order chi connectivity index (χ0) is 32.4. The van der Waals surface area contributed by atoms with Crippen LogP contribution < -0.4 is 24.6 Å². The fraction of sp³-hybridized carbons (Fsp3) is 0.333. The minimum absolute atomic E-state index is 0.00194. The van der Waals surface area contributed by atoms with Crippen LogP contribution in [-0.4, -0.2) is 41.2 Å². The van der Waals surface area contributed by atoms with Crippen LogP contribution in [-0.2, 0) is 14.4 Å². The number of nitrogens with zero attached hydrogens (tertiary/aromatic N) is 1. The predicted octanol–water partition coefficient (Wildman–Crippen LogP) is 5.84. The molecule has 0 unspecified atom stereocenters. The largest absolute Gasteiger partial charge is 0.490 e. The molecule has 1 saturated heterocycles. The summed E-state index contributed by atoms with van der Waals surface area (Å²) in [6.07, 6.45) is 0.808. The lowest BCUT2D eigenvalue weighted by molar-refractivity contribution is -0.123. The standard InChI is InChI=1S/C36H33N3O6S2/c1-3-44-25-15-19(11-14-24(25)45-17-26(40)37-20-7-5-4-6-8-20)27-28-22-16-23(31(28)46-33-32(27)47-36(43)38-33)30-29(22)34(41)39(35(30)42)21-12-9-18(2)10-13-21/h4-15,22-23,27-31H,3,16-17H2,1-2H3,(H,37,40)(H,38,43)/t22-,23-,27+,28-,29+,30+,31-/m1/s1. The van der Waals surface area contributed by atoms with Crippen LogP contribution in [0.3, 0.4) is 0 Å². The number of anilines is 2. The van der Waals surface area contributed by atoms with E-state index in [9.17, 15) is 19.2 Å². The van der Waals surface area contributed by atoms with E-state index in [0.29, 0.717) is 29.5 Å². The van der Waals surface area contributed by atoms with Gasteiger partial charge in [-0.1, -0.05) is 53.3 Å². The minimum Gasteiger partial charge on any atom is -0.490 e. The number of benzene rings is 3. The van der Waals surface area contributed by atoms with E-state index >= 15 is 0 Å². The lowest BCUT2D eigenvalue weighted by Crippen LogP contribution is -2.42. The van der Waals surface area contributed by atoms with Crippen LogP contribution in [0.5, 0.6) is 11.5 Å². The number of carbonyl (C=O) groups excluding carboxylic acids is 3. The van der Waals surface area contributed by atoms with Crippen LogP contribution >= 0.6 is 23.1 Å². The third kappa shape index (κ3) is 4.98. The Morgan fingerprint density at radius 2 is 1.68 bits per heavy atom. The molecule has 2 saturated carbocycles. The molecule has 47 heavy (non-hydrogen) atoms. The molecule has 2 bridgehead atoms. The number of H-pyrrole nitrogens is 1. The van der Waals surface area contributed by atoms with E-state index in [1.165, 1.54) is 16.2 Å². The van der Waals surface area contributed by atoms with Gasteiger partial charge >= 0.3 is 4.87 Å². The first-order chi connectivity index (χ1) is 22.8. The summed E-state index contributed by atoms with van der Waals surface area (Å²) in [6, 6.07) is 22.5. The summed E-state index contributed by atoms with van der Waals surface area (Å²) in [7, 11) is 0. The fourth-order valence-corrected chi connectivity index (χ4v) is 11.2. The maximum atomic E-state index is 14.0. The summed E-state index contributed by atoms with van der Waals surface area (Å²) in [4.78, 5) is 58.6. The average molecular weight is 668 g/mol. The van der Waals surface area contributed by atoms with Gasteiger partial charge in [0, 0.05) is 21.7 Å². The first-order valence-corrected chi connectivity index (χ1v) is 17.6. The van der Waals surface area contributed by atoms with Crippen molar-refractivity contribution < 1.29 is 23.9 Å². The molecule has 4 aromatic rings. The summed E-state index contributed by atoms with van der Waals surface area (Å²) in [6.45, 7) is 4.07. The maximum absolute atomic E-state index is 14.0. The summed E-state index contributed by atoms with van der Waals surface area (Å²) in [5, 5.41) is 3.75. The van der Waals surface area contributed by atoms with E-state index in [2.05, 4.69) is 10.3 Å². The van der Waals surface area contributed by atoms with Gasteiger partial charge in [-0.05, 0) is 80.0 Å². The second kappa shape index (κ2) is 11.7. The number of nitrogens with one attached hydrogen (secondary N) is 2. The number of carbonyl (C=O) groups is 3. The number of para-hydroxylation sites is 1. The number of thiazole rings is 1. The van der Waals surface area contributed by atoms with Crippen molar-refractivity contribution in [3.63, 3.8) is 0 Å². The van der Waals surface area contributed by atoms with Crippen LogP contribution in [0.1, 0.15) is 35.3 Å². The molecular formula is C36H33N3O6S2. The van der Waals surface area contributed by atoms with Gasteiger partial charge < -0.3 is 19.8 Å². The molecule has 2 aliphatic carbocycles. The van der Waals surface area contributed by atoms with Crippen molar-refractivity contribution >= 4 is 52.2 Å². The van der Waals surface area contributed by atoms with Crippen LogP contribution in [0.25, 0.3) is 0 Å². The number of ether oxygens (including phenoxy) is 2. The van der Waals surface area contributed by atoms with Crippen LogP contribution in [0.2, 0.25) is 0 Å². The molecule has 8 rings (SSSR count). The molecule has 0 radical (unpaired) electrons. The number of aromatic nitrogens is 1. The molecule has 11 heteroatoms. The number of aromatic amines is 1. The Morgan fingerprint density at radius 3 is 2.43 bits per heavy atom. The van der Waals surface area contributed by atoms with Crippen LogP contribution in [0.15, 0.2) is 82.6 Å². The second-order valence-corrected chi connectivity index (χ2v) is 14.9. The van der Waals surface area contributed by atoms with Gasteiger partial charge in [-0.25, -0.2) is 0 Å². The number of aryl methyl sites for hydroxylation is 1. The van der Waals surface area contributed by atoms with E-state index in [4.69, 9.17) is 9.47 Å². The molecule has 3 aromatic carbocycles. The van der Waals surface area contributed by atoms with Gasteiger partial charge in [-0.2, -0.15) is 0 Å². The van der Waals surface area contributed by atoms with E-state index in [-0.39, 0.29) is 70.0 Å². The third-order valence-corrected chi connectivity index (χ3v) is 12.6. The molecule has 3 fully saturated rings. The Kier molecular flexibility index (Phi) is 7.48. The quantitative estimate of drug-likeness (QED) is 0.227. The number of hydrogen-bond donors (Lipinski definition) is 2. The zero-order valence-corrected chi connectivity index (χ0v) is 27.4. The van der Waals surface area contributed by atoms with Gasteiger partial charge in [0.2, 0.25) is 11.8 Å². The average Bonchev–Trinajstić information content (AvgIpc) is 3.80. The maximum Gasteiger partial charge on any atom is 0.305 e. The smallest absolute Gasteiger partial charge is 0.305 e. The fourth-order valence-electron chi connectivity index (χ4n) is 8.31. The Balaban J connectivity index is 1.11. The van der Waals surface area contributed by atoms with Crippen molar-refractivity contribution in [1.29, 1.82) is 0 Å². The van der Waals surface area contributed by atoms with E-state index in [1.807, 2.05) is 86.6 Å². The summed E-state index contributed by atoms with van der Waals surface area (Å²) in [5.41, 5.74) is 3.34. The molecular weight excluding hydrogens is 635 g/mol. The van der Waals surface area contributed by atoms with E-state index in [1.54, 1.807) is 11.8 Å². The summed E-state index contributed by atoms with van der Waals surface area (Å²) < 4.78 is 12.0. The minimum atomic E-state index is -0.382. The first-order valence-electron chi connectivity index (χ1n) is 15.9. The van der Waals surface area contributed by atoms with Gasteiger partial charge in [-0.15, -0.1) is 11.8 Å². The lowest BCUT2D eigenvalue weighted by Gasteiger charge is -2.43. The van der Waals surface area contributed by atoms with Crippen molar-refractivity contribution in [2.45, 2.75) is 36.5 Å². The van der Waals surface area contributed by atoms with E-state index in [0.717, 1.165) is 27.5 Å². The highest BCUT2D eigenvalue weighted by Gasteiger charge is 2.69. The molecule has 1 aromatic heterocycles. The number of hydrogen-bond acceptors (Lipinski definition) is 8. The molecule has 4 aliphatic rings. The molecule has 240 valence electrons. The number of thioether (sulfide) groups is 1. The second-order valence-electron chi connectivity index (χ2n) is 12.6. The van der Waals surface area contributed by atoms with Gasteiger partial charge in [0.05, 0.1) is 29.2 Å². The molecule has 0 spiro atoms. The van der Waals surface area contributed by atoms with Crippen molar-refractivity contribution in [2.24, 2.45) is 29.6 Å². The highest BCUT2D eigenvalue weighted by molar-refractivity contribution is 8.00. The van der Waals surface area contributed by atoms with Gasteiger partial charge in [-0.3, -0.25) is 24.1 Å². The Morgan fingerprint density at radius 1 is 0.936 bits per heavy atom. The van der Waals surface area contributed by atoms with Gasteiger partial charge in [0.25, 0.3) is 5.91 Å². The number of fused-ring (bicyclic) bond motifs is 9. The molecule has 7 atom stereocenters. The number of rotatable bonds is 8. The summed E-state index contributed by atoms with van der Waals surface area (Å²) >= 11 is 2.88. The molecule has 3 amide bonds. The Hall–Kier alpha value is -4.35. The van der Waals surface area contributed by atoms with Crippen LogP contribution in [0, 0.1) is 36.5 Å². The molecule has 9 nitrogen and oxygen atoms in total. The lowest BCUT2D eigenvalue weighted by atomic mass is 9.68. The molecule has 3 heterocycles. The number of imide groups is 1. The Labute approximate surface area is 279 Å². The molecule has 2 N–H and O–H groups in total. The normalized spacial score (nSPS) is 26.9. The topological polar surface area (TPSA) is 118 Å². The SMILES string of the molecule is CCOc1cc([C@@H]2c3sc(=O)[nH]c3S[C@@H]3[C@@H]4C[C@@H]([C@@H]5C(=O)N(c6ccc(C)cc6)C(=O)[C@@H]45)[C@H]23)ccc1OCC(=O)Nc1ccccc1. The Bertz CT molecular complexity index is 1940. The highest BCUT2D eigenvalue weighted by Crippen LogP contribution is 2.68. The van der Waals surface area contributed by atoms with Crippen molar-refractivity contribution in [3.05, 3.63) is 98.5 Å². The zero-order valence-electron chi connectivity index (χ0n) is 25.8. The number of amides is 3. The van der Waals surface area contributed by atoms with E-state index < -0.39 is 0 Å². The summed E-state index contributed by atoms with van der Waals surface area (Å²) in [5.74, 6) is -0.368. The molecule has 2 aliphatic heterocycles. The van der Waals surface area contributed by atoms with Gasteiger partial charge in [0.15, 0.2) is 18.1 Å².